The number of likely N-dealkylation sites (tertiary alicyclic amines) is 1. The highest BCUT2D eigenvalue weighted by Gasteiger charge is 2.30. The standard InChI is InChI=1S/C13H19NO4/c1-18-10-4-2-3-9(5-10)11(15)6-14-7-12(16)13(17)8-14/h2-5,11-13,15-17H,6-8H2,1H3. The van der Waals surface area contributed by atoms with Crippen LogP contribution in [0, 0.1) is 0 Å². The Morgan fingerprint density at radius 2 is 2.00 bits per heavy atom. The van der Waals surface area contributed by atoms with E-state index in [1.54, 1.807) is 13.2 Å². The Morgan fingerprint density at radius 3 is 2.61 bits per heavy atom. The molecule has 0 amide bonds. The Bertz CT molecular complexity index is 388. The van der Waals surface area contributed by atoms with Crippen LogP contribution < -0.4 is 4.74 Å². The van der Waals surface area contributed by atoms with E-state index in [9.17, 15) is 15.3 Å². The first-order valence-electron chi connectivity index (χ1n) is 6.00. The molecule has 3 N–H and O–H groups in total. The summed E-state index contributed by atoms with van der Waals surface area (Å²) in [4.78, 5) is 1.85. The molecular weight excluding hydrogens is 234 g/mol. The molecule has 100 valence electrons. The number of benzene rings is 1. The monoisotopic (exact) mass is 253 g/mol. The number of β-amino-alcohol motifs (C(OH)–C–C–N with tert-alkyl or cyclic N) is 3. The summed E-state index contributed by atoms with van der Waals surface area (Å²) >= 11 is 0. The van der Waals surface area contributed by atoms with E-state index in [0.29, 0.717) is 25.4 Å². The van der Waals surface area contributed by atoms with E-state index in [2.05, 4.69) is 0 Å². The van der Waals surface area contributed by atoms with Gasteiger partial charge < -0.3 is 20.1 Å². The van der Waals surface area contributed by atoms with E-state index in [1.807, 2.05) is 23.1 Å². The molecule has 3 atom stereocenters. The maximum absolute atomic E-state index is 10.1. The van der Waals surface area contributed by atoms with E-state index in [4.69, 9.17) is 4.74 Å². The Kier molecular flexibility index (Phi) is 4.19. The third-order valence-electron chi connectivity index (χ3n) is 3.24. The Labute approximate surface area is 106 Å². The fourth-order valence-electron chi connectivity index (χ4n) is 2.19. The molecule has 3 unspecified atom stereocenters. The van der Waals surface area contributed by atoms with Gasteiger partial charge in [-0.3, -0.25) is 4.90 Å². The van der Waals surface area contributed by atoms with Crippen molar-refractivity contribution in [3.63, 3.8) is 0 Å². The molecule has 5 heteroatoms. The number of aliphatic hydroxyl groups excluding tert-OH is 3. The van der Waals surface area contributed by atoms with Crippen molar-refractivity contribution in [2.45, 2.75) is 18.3 Å². The first-order chi connectivity index (χ1) is 8.60. The summed E-state index contributed by atoms with van der Waals surface area (Å²) < 4.78 is 5.10. The molecule has 1 aliphatic heterocycles. The molecular formula is C13H19NO4. The zero-order chi connectivity index (χ0) is 13.1. The number of methoxy groups -OCH3 is 1. The Balaban J connectivity index is 1.97. The molecule has 0 radical (unpaired) electrons. The van der Waals surface area contributed by atoms with E-state index in [0.717, 1.165) is 5.56 Å². The van der Waals surface area contributed by atoms with Gasteiger partial charge in [0.25, 0.3) is 0 Å². The van der Waals surface area contributed by atoms with Gasteiger partial charge in [0.1, 0.15) is 5.75 Å². The molecule has 0 saturated carbocycles. The van der Waals surface area contributed by atoms with Gasteiger partial charge in [0.15, 0.2) is 0 Å². The molecule has 0 aromatic heterocycles. The number of ether oxygens (including phenoxy) is 1. The first-order valence-corrected chi connectivity index (χ1v) is 6.00. The predicted molar refractivity (Wildman–Crippen MR) is 66.4 cm³/mol. The lowest BCUT2D eigenvalue weighted by molar-refractivity contribution is 0.0572. The SMILES string of the molecule is COc1cccc(C(O)CN2CC(O)C(O)C2)c1. The number of hydrogen-bond donors (Lipinski definition) is 3. The van der Waals surface area contributed by atoms with Gasteiger partial charge in [-0.05, 0) is 17.7 Å². The minimum absolute atomic E-state index is 0.390. The fraction of sp³-hybridized carbons (Fsp3) is 0.538. The Morgan fingerprint density at radius 1 is 1.33 bits per heavy atom. The quantitative estimate of drug-likeness (QED) is 0.691. The van der Waals surface area contributed by atoms with Crippen LogP contribution in [0.3, 0.4) is 0 Å². The minimum Gasteiger partial charge on any atom is -0.497 e. The van der Waals surface area contributed by atoms with Gasteiger partial charge in [-0.2, -0.15) is 0 Å². The summed E-state index contributed by atoms with van der Waals surface area (Å²) in [6.07, 6.45) is -2.09. The van der Waals surface area contributed by atoms with Gasteiger partial charge >= 0.3 is 0 Å². The summed E-state index contributed by atoms with van der Waals surface area (Å²) in [6, 6.07) is 7.26. The molecule has 1 aromatic carbocycles. The summed E-state index contributed by atoms with van der Waals surface area (Å²) in [6.45, 7) is 1.17. The number of rotatable bonds is 4. The van der Waals surface area contributed by atoms with Crippen LogP contribution in [0.5, 0.6) is 5.75 Å². The minimum atomic E-state index is -0.720. The van der Waals surface area contributed by atoms with Crippen molar-refractivity contribution in [1.82, 2.24) is 4.90 Å². The van der Waals surface area contributed by atoms with Crippen LogP contribution in [0.4, 0.5) is 0 Å². The van der Waals surface area contributed by atoms with E-state index in [-0.39, 0.29) is 0 Å². The lowest BCUT2D eigenvalue weighted by Gasteiger charge is -2.19. The van der Waals surface area contributed by atoms with Gasteiger partial charge in [0.2, 0.25) is 0 Å². The van der Waals surface area contributed by atoms with Crippen molar-refractivity contribution in [3.8, 4) is 5.75 Å². The summed E-state index contributed by atoms with van der Waals surface area (Å²) in [5, 5.41) is 29.0. The third-order valence-corrected chi connectivity index (χ3v) is 3.24. The predicted octanol–water partition coefficient (Wildman–Crippen LogP) is -0.234. The average molecular weight is 253 g/mol. The fourth-order valence-corrected chi connectivity index (χ4v) is 2.19. The van der Waals surface area contributed by atoms with Crippen molar-refractivity contribution in [3.05, 3.63) is 29.8 Å². The molecule has 1 heterocycles. The lowest BCUT2D eigenvalue weighted by Crippen LogP contribution is -2.27. The summed E-state index contributed by atoms with van der Waals surface area (Å²) in [7, 11) is 1.58. The summed E-state index contributed by atoms with van der Waals surface area (Å²) in [5.74, 6) is 0.702. The molecule has 5 nitrogen and oxygen atoms in total. The molecule has 0 aliphatic carbocycles. The van der Waals surface area contributed by atoms with E-state index < -0.39 is 18.3 Å². The van der Waals surface area contributed by atoms with Gasteiger partial charge in [-0.1, -0.05) is 12.1 Å². The van der Waals surface area contributed by atoms with Gasteiger partial charge in [0, 0.05) is 19.6 Å². The van der Waals surface area contributed by atoms with Gasteiger partial charge in [-0.15, -0.1) is 0 Å². The van der Waals surface area contributed by atoms with Gasteiger partial charge in [0.05, 0.1) is 25.4 Å². The topological polar surface area (TPSA) is 73.2 Å². The van der Waals surface area contributed by atoms with Crippen molar-refractivity contribution in [2.75, 3.05) is 26.7 Å². The zero-order valence-corrected chi connectivity index (χ0v) is 10.4. The molecule has 1 aliphatic rings. The van der Waals surface area contributed by atoms with Crippen LogP contribution in [0.25, 0.3) is 0 Å². The molecule has 1 saturated heterocycles. The van der Waals surface area contributed by atoms with Gasteiger partial charge in [-0.25, -0.2) is 0 Å². The van der Waals surface area contributed by atoms with Crippen LogP contribution in [0.1, 0.15) is 11.7 Å². The third kappa shape index (κ3) is 3.00. The first kappa shape index (κ1) is 13.3. The molecule has 1 fully saturated rings. The average Bonchev–Trinajstić information content (AvgIpc) is 2.68. The van der Waals surface area contributed by atoms with Crippen molar-refractivity contribution in [2.24, 2.45) is 0 Å². The number of hydrogen-bond acceptors (Lipinski definition) is 5. The molecule has 0 spiro atoms. The van der Waals surface area contributed by atoms with Crippen molar-refractivity contribution < 1.29 is 20.1 Å². The lowest BCUT2D eigenvalue weighted by atomic mass is 10.1. The molecule has 0 bridgehead atoms. The van der Waals surface area contributed by atoms with Crippen LogP contribution in [-0.2, 0) is 0 Å². The molecule has 1 aromatic rings. The largest absolute Gasteiger partial charge is 0.497 e. The van der Waals surface area contributed by atoms with Crippen molar-refractivity contribution >= 4 is 0 Å². The Hall–Kier alpha value is -1.14. The highest BCUT2D eigenvalue weighted by molar-refractivity contribution is 5.29. The van der Waals surface area contributed by atoms with Crippen LogP contribution in [0.15, 0.2) is 24.3 Å². The maximum Gasteiger partial charge on any atom is 0.119 e. The molecule has 18 heavy (non-hydrogen) atoms. The second kappa shape index (κ2) is 5.67. The smallest absolute Gasteiger partial charge is 0.119 e. The zero-order valence-electron chi connectivity index (χ0n) is 10.4. The number of aliphatic hydroxyl groups is 3. The second-order valence-electron chi connectivity index (χ2n) is 4.65. The maximum atomic E-state index is 10.1. The van der Waals surface area contributed by atoms with Crippen LogP contribution >= 0.6 is 0 Å². The second-order valence-corrected chi connectivity index (χ2v) is 4.65. The summed E-state index contributed by atoms with van der Waals surface area (Å²) in [5.41, 5.74) is 0.769. The van der Waals surface area contributed by atoms with E-state index in [1.165, 1.54) is 0 Å². The number of nitrogens with zero attached hydrogens (tertiary/aromatic N) is 1. The van der Waals surface area contributed by atoms with Crippen LogP contribution in [0.2, 0.25) is 0 Å². The highest BCUT2D eigenvalue weighted by Crippen LogP contribution is 2.21. The van der Waals surface area contributed by atoms with Crippen molar-refractivity contribution in [1.29, 1.82) is 0 Å². The van der Waals surface area contributed by atoms with Crippen LogP contribution in [-0.4, -0.2) is 59.2 Å². The van der Waals surface area contributed by atoms with E-state index >= 15 is 0 Å². The molecule has 2 rings (SSSR count). The highest BCUT2D eigenvalue weighted by atomic mass is 16.5. The normalized spacial score (nSPS) is 26.2.